The molecule has 0 saturated heterocycles. The van der Waals surface area contributed by atoms with Gasteiger partial charge in [0.2, 0.25) is 0 Å². The van der Waals surface area contributed by atoms with Crippen molar-refractivity contribution in [3.05, 3.63) is 34.7 Å². The first-order valence-electron chi connectivity index (χ1n) is 6.52. The van der Waals surface area contributed by atoms with Crippen molar-refractivity contribution < 1.29 is 0 Å². The molecule has 0 bridgehead atoms. The van der Waals surface area contributed by atoms with Gasteiger partial charge < -0.3 is 10.6 Å². The lowest BCUT2D eigenvalue weighted by Crippen LogP contribution is -2.27. The van der Waals surface area contributed by atoms with Crippen LogP contribution in [0.2, 0.25) is 0 Å². The van der Waals surface area contributed by atoms with E-state index in [0.717, 1.165) is 29.6 Å². The van der Waals surface area contributed by atoms with Crippen LogP contribution in [0.4, 0.5) is 5.82 Å². The van der Waals surface area contributed by atoms with E-state index in [1.165, 1.54) is 0 Å². The first kappa shape index (κ1) is 13.5. The number of aryl methyl sites for hydroxylation is 1. The summed E-state index contributed by atoms with van der Waals surface area (Å²) in [4.78, 5) is 18.2. The molecular weight excluding hydrogens is 240 g/mol. The molecule has 2 N–H and O–H groups in total. The summed E-state index contributed by atoms with van der Waals surface area (Å²) in [6, 6.07) is 7.87. The Morgan fingerprint density at radius 2 is 2.00 bits per heavy atom. The highest BCUT2D eigenvalue weighted by Crippen LogP contribution is 2.21. The predicted octanol–water partition coefficient (Wildman–Crippen LogP) is 1.20. The van der Waals surface area contributed by atoms with Crippen LogP contribution in [0.25, 0.3) is 10.9 Å². The van der Waals surface area contributed by atoms with Gasteiger partial charge in [0.05, 0.1) is 5.52 Å². The molecule has 1 heterocycles. The summed E-state index contributed by atoms with van der Waals surface area (Å²) in [5.74, 6) is 0.718. The monoisotopic (exact) mass is 260 g/mol. The highest BCUT2D eigenvalue weighted by atomic mass is 16.1. The Labute approximate surface area is 112 Å². The van der Waals surface area contributed by atoms with Gasteiger partial charge in [-0.15, -0.1) is 0 Å². The van der Waals surface area contributed by atoms with Crippen LogP contribution in [0, 0.1) is 0 Å². The SMILES string of the molecule is CN(C)c1nc(=O)n(CCCCN)c2ccccc12. The average Bonchev–Trinajstić information content (AvgIpc) is 2.40. The zero-order valence-corrected chi connectivity index (χ0v) is 11.5. The molecule has 0 aliphatic heterocycles. The molecule has 102 valence electrons. The fourth-order valence-electron chi connectivity index (χ4n) is 2.18. The van der Waals surface area contributed by atoms with E-state index in [2.05, 4.69) is 4.98 Å². The van der Waals surface area contributed by atoms with E-state index in [9.17, 15) is 4.79 Å². The van der Waals surface area contributed by atoms with Gasteiger partial charge in [0.15, 0.2) is 0 Å². The topological polar surface area (TPSA) is 64.2 Å². The van der Waals surface area contributed by atoms with E-state index in [4.69, 9.17) is 5.73 Å². The van der Waals surface area contributed by atoms with Crippen molar-refractivity contribution in [2.45, 2.75) is 19.4 Å². The van der Waals surface area contributed by atoms with Crippen molar-refractivity contribution in [3.8, 4) is 0 Å². The molecule has 2 aromatic rings. The molecule has 0 aliphatic carbocycles. The van der Waals surface area contributed by atoms with E-state index in [0.29, 0.717) is 13.1 Å². The Morgan fingerprint density at radius 3 is 2.68 bits per heavy atom. The van der Waals surface area contributed by atoms with Gasteiger partial charge in [-0.3, -0.25) is 4.57 Å². The first-order valence-corrected chi connectivity index (χ1v) is 6.52. The van der Waals surface area contributed by atoms with Gasteiger partial charge in [-0.2, -0.15) is 4.98 Å². The lowest BCUT2D eigenvalue weighted by molar-refractivity contribution is 0.604. The maximum Gasteiger partial charge on any atom is 0.350 e. The summed E-state index contributed by atoms with van der Waals surface area (Å²) in [6.45, 7) is 1.31. The van der Waals surface area contributed by atoms with Gasteiger partial charge in [-0.25, -0.2) is 4.79 Å². The van der Waals surface area contributed by atoms with E-state index < -0.39 is 0 Å². The smallest absolute Gasteiger partial charge is 0.350 e. The maximum absolute atomic E-state index is 12.1. The zero-order chi connectivity index (χ0) is 13.8. The third-order valence-corrected chi connectivity index (χ3v) is 3.13. The highest BCUT2D eigenvalue weighted by Gasteiger charge is 2.10. The van der Waals surface area contributed by atoms with Crippen LogP contribution in [0.3, 0.4) is 0 Å². The van der Waals surface area contributed by atoms with E-state index >= 15 is 0 Å². The van der Waals surface area contributed by atoms with Crippen LogP contribution in [-0.4, -0.2) is 30.2 Å². The van der Waals surface area contributed by atoms with E-state index in [1.54, 1.807) is 4.57 Å². The van der Waals surface area contributed by atoms with Crippen LogP contribution in [0.1, 0.15) is 12.8 Å². The number of unbranched alkanes of at least 4 members (excludes halogenated alkanes) is 1. The second kappa shape index (κ2) is 5.84. The normalized spacial score (nSPS) is 10.9. The number of para-hydroxylation sites is 1. The molecule has 0 saturated carbocycles. The highest BCUT2D eigenvalue weighted by molar-refractivity contribution is 5.89. The second-order valence-electron chi connectivity index (χ2n) is 4.78. The van der Waals surface area contributed by atoms with Crippen LogP contribution < -0.4 is 16.3 Å². The molecule has 19 heavy (non-hydrogen) atoms. The largest absolute Gasteiger partial charge is 0.362 e. The number of benzene rings is 1. The van der Waals surface area contributed by atoms with Crippen molar-refractivity contribution in [1.29, 1.82) is 0 Å². The van der Waals surface area contributed by atoms with Crippen molar-refractivity contribution in [3.63, 3.8) is 0 Å². The molecule has 0 amide bonds. The predicted molar refractivity (Wildman–Crippen MR) is 78.6 cm³/mol. The van der Waals surface area contributed by atoms with Crippen LogP contribution in [-0.2, 0) is 6.54 Å². The van der Waals surface area contributed by atoms with Gasteiger partial charge >= 0.3 is 5.69 Å². The van der Waals surface area contributed by atoms with Crippen LogP contribution in [0.15, 0.2) is 29.1 Å². The Hall–Kier alpha value is -1.88. The Kier molecular flexibility index (Phi) is 4.16. The fourth-order valence-corrected chi connectivity index (χ4v) is 2.18. The van der Waals surface area contributed by atoms with Crippen molar-refractivity contribution in [1.82, 2.24) is 9.55 Å². The molecule has 0 fully saturated rings. The lowest BCUT2D eigenvalue weighted by atomic mass is 10.2. The summed E-state index contributed by atoms with van der Waals surface area (Å²) in [7, 11) is 3.79. The van der Waals surface area contributed by atoms with Crippen molar-refractivity contribution >= 4 is 16.7 Å². The molecular formula is C14H20N4O. The van der Waals surface area contributed by atoms with E-state index in [-0.39, 0.29) is 5.69 Å². The summed E-state index contributed by atoms with van der Waals surface area (Å²) in [5, 5.41) is 1.000. The molecule has 1 aromatic heterocycles. The van der Waals surface area contributed by atoms with Gasteiger partial charge in [-0.1, -0.05) is 12.1 Å². The first-order chi connectivity index (χ1) is 9.15. The number of hydrogen-bond acceptors (Lipinski definition) is 4. The minimum atomic E-state index is -0.195. The summed E-state index contributed by atoms with van der Waals surface area (Å²) in [6.07, 6.45) is 1.81. The Morgan fingerprint density at radius 1 is 1.26 bits per heavy atom. The average molecular weight is 260 g/mol. The van der Waals surface area contributed by atoms with Gasteiger partial charge in [0, 0.05) is 26.0 Å². The second-order valence-corrected chi connectivity index (χ2v) is 4.78. The number of fused-ring (bicyclic) bond motifs is 1. The van der Waals surface area contributed by atoms with Crippen molar-refractivity contribution in [2.24, 2.45) is 5.73 Å². The number of anilines is 1. The van der Waals surface area contributed by atoms with Crippen LogP contribution in [0.5, 0.6) is 0 Å². The number of aromatic nitrogens is 2. The van der Waals surface area contributed by atoms with Gasteiger partial charge in [-0.05, 0) is 31.5 Å². The maximum atomic E-state index is 12.1. The molecule has 0 atom stereocenters. The number of hydrogen-bond donors (Lipinski definition) is 1. The molecule has 5 nitrogen and oxygen atoms in total. The summed E-state index contributed by atoms with van der Waals surface area (Å²) >= 11 is 0. The van der Waals surface area contributed by atoms with E-state index in [1.807, 2.05) is 43.3 Å². The molecule has 0 spiro atoms. The number of nitrogens with zero attached hydrogens (tertiary/aromatic N) is 3. The quantitative estimate of drug-likeness (QED) is 0.821. The zero-order valence-electron chi connectivity index (χ0n) is 11.5. The molecule has 0 radical (unpaired) electrons. The lowest BCUT2D eigenvalue weighted by Gasteiger charge is -2.16. The third kappa shape index (κ3) is 2.76. The molecule has 1 aromatic carbocycles. The standard InChI is InChI=1S/C14H20N4O/c1-17(2)13-11-7-3-4-8-12(11)18(14(19)16-13)10-6-5-9-15/h3-4,7-8H,5-6,9-10,15H2,1-2H3. The molecule has 0 unspecified atom stereocenters. The van der Waals surface area contributed by atoms with Crippen molar-refractivity contribution in [2.75, 3.05) is 25.5 Å². The summed E-state index contributed by atoms with van der Waals surface area (Å²) < 4.78 is 1.73. The number of rotatable bonds is 5. The Balaban J connectivity index is 2.55. The fraction of sp³-hybridized carbons (Fsp3) is 0.429. The summed E-state index contributed by atoms with van der Waals surface area (Å²) in [5.41, 5.74) is 6.24. The third-order valence-electron chi connectivity index (χ3n) is 3.13. The number of nitrogens with two attached hydrogens (primary N) is 1. The van der Waals surface area contributed by atoms with Gasteiger partial charge in [0.1, 0.15) is 5.82 Å². The molecule has 5 heteroatoms. The minimum Gasteiger partial charge on any atom is -0.362 e. The van der Waals surface area contributed by atoms with Crippen LogP contribution >= 0.6 is 0 Å². The molecule has 0 aliphatic rings. The Bertz CT molecular complexity index is 618. The molecule has 2 rings (SSSR count). The van der Waals surface area contributed by atoms with Gasteiger partial charge in [0.25, 0.3) is 0 Å². The minimum absolute atomic E-state index is 0.195.